The van der Waals surface area contributed by atoms with Crippen LogP contribution in [0.25, 0.3) is 0 Å². The zero-order valence-corrected chi connectivity index (χ0v) is 20.5. The van der Waals surface area contributed by atoms with Crippen LogP contribution in [-0.4, -0.2) is 28.4 Å². The molecule has 2 aromatic rings. The normalized spacial score (nSPS) is 13.7. The maximum atomic E-state index is 10.2. The third-order valence-electron chi connectivity index (χ3n) is 6.52. The molecule has 0 aromatic heterocycles. The number of nitrogens with zero attached hydrogens (tertiary/aromatic N) is 1. The molecule has 2 atom stereocenters. The van der Waals surface area contributed by atoms with E-state index >= 15 is 0 Å². The topological polar surface area (TPSA) is 60.7 Å². The highest BCUT2D eigenvalue weighted by Gasteiger charge is 2.36. The lowest BCUT2D eigenvalue weighted by Crippen LogP contribution is -2.30. The SMILES string of the molecule is COc1ccc(C(C)CCCCC(C#N)(c2ccc(OC)c(OC)c2)C(C)C)cc1OC. The van der Waals surface area contributed by atoms with E-state index in [9.17, 15) is 5.26 Å². The molecular formula is C27H37NO4. The fraction of sp³-hybridized carbons (Fsp3) is 0.519. The first-order valence-corrected chi connectivity index (χ1v) is 11.2. The van der Waals surface area contributed by atoms with Crippen molar-refractivity contribution < 1.29 is 18.9 Å². The van der Waals surface area contributed by atoms with Gasteiger partial charge in [-0.25, -0.2) is 0 Å². The van der Waals surface area contributed by atoms with Crippen LogP contribution in [0.2, 0.25) is 0 Å². The number of nitriles is 1. The van der Waals surface area contributed by atoms with E-state index in [-0.39, 0.29) is 5.92 Å². The summed E-state index contributed by atoms with van der Waals surface area (Å²) in [4.78, 5) is 0. The lowest BCUT2D eigenvalue weighted by atomic mass is 9.69. The fourth-order valence-corrected chi connectivity index (χ4v) is 4.31. The maximum absolute atomic E-state index is 10.2. The minimum atomic E-state index is -0.563. The first kappa shape index (κ1) is 25.4. The van der Waals surface area contributed by atoms with Crippen LogP contribution in [0.3, 0.4) is 0 Å². The van der Waals surface area contributed by atoms with Crippen LogP contribution < -0.4 is 18.9 Å². The molecule has 2 rings (SSSR count). The molecule has 0 aliphatic rings. The maximum Gasteiger partial charge on any atom is 0.161 e. The monoisotopic (exact) mass is 439 g/mol. The van der Waals surface area contributed by atoms with Crippen LogP contribution in [-0.2, 0) is 5.41 Å². The summed E-state index contributed by atoms with van der Waals surface area (Å²) in [5, 5.41) is 10.2. The third-order valence-corrected chi connectivity index (χ3v) is 6.52. The van der Waals surface area contributed by atoms with Crippen molar-refractivity contribution in [3.63, 3.8) is 0 Å². The molecular weight excluding hydrogens is 402 g/mol. The van der Waals surface area contributed by atoms with Gasteiger partial charge in [-0.2, -0.15) is 5.26 Å². The lowest BCUT2D eigenvalue weighted by Gasteiger charge is -2.32. The molecule has 5 heteroatoms. The van der Waals surface area contributed by atoms with Crippen molar-refractivity contribution >= 4 is 0 Å². The molecule has 2 aromatic carbocycles. The average Bonchev–Trinajstić information content (AvgIpc) is 2.82. The molecule has 0 heterocycles. The van der Waals surface area contributed by atoms with E-state index in [4.69, 9.17) is 18.9 Å². The summed E-state index contributed by atoms with van der Waals surface area (Å²) in [6, 6.07) is 14.6. The number of hydrogen-bond acceptors (Lipinski definition) is 5. The molecule has 0 radical (unpaired) electrons. The molecule has 0 bridgehead atoms. The Morgan fingerprint density at radius 1 is 0.781 bits per heavy atom. The Morgan fingerprint density at radius 3 is 1.88 bits per heavy atom. The molecule has 0 saturated carbocycles. The highest BCUT2D eigenvalue weighted by atomic mass is 16.5. The van der Waals surface area contributed by atoms with Crippen molar-refractivity contribution in [2.75, 3.05) is 28.4 Å². The van der Waals surface area contributed by atoms with Gasteiger partial charge in [0.15, 0.2) is 23.0 Å². The molecule has 0 saturated heterocycles. The Kier molecular flexibility index (Phi) is 9.26. The van der Waals surface area contributed by atoms with Gasteiger partial charge in [-0.05, 0) is 60.1 Å². The third kappa shape index (κ3) is 5.48. The first-order valence-electron chi connectivity index (χ1n) is 11.2. The second-order valence-electron chi connectivity index (χ2n) is 8.57. The van der Waals surface area contributed by atoms with E-state index in [1.165, 1.54) is 5.56 Å². The largest absolute Gasteiger partial charge is 0.493 e. The van der Waals surface area contributed by atoms with Gasteiger partial charge in [-0.15, -0.1) is 0 Å². The molecule has 0 aliphatic heterocycles. The quantitative estimate of drug-likeness (QED) is 0.353. The van der Waals surface area contributed by atoms with Gasteiger partial charge < -0.3 is 18.9 Å². The number of rotatable bonds is 12. The summed E-state index contributed by atoms with van der Waals surface area (Å²) in [6.45, 7) is 6.47. The van der Waals surface area contributed by atoms with Crippen molar-refractivity contribution in [2.24, 2.45) is 5.92 Å². The van der Waals surface area contributed by atoms with Crippen LogP contribution >= 0.6 is 0 Å². The molecule has 2 unspecified atom stereocenters. The van der Waals surface area contributed by atoms with Crippen LogP contribution in [0.1, 0.15) is 63.5 Å². The van der Waals surface area contributed by atoms with Gasteiger partial charge in [0.2, 0.25) is 0 Å². The number of methoxy groups -OCH3 is 4. The van der Waals surface area contributed by atoms with Crippen molar-refractivity contribution in [1.29, 1.82) is 5.26 Å². The van der Waals surface area contributed by atoms with Gasteiger partial charge in [-0.1, -0.05) is 45.7 Å². The molecule has 0 N–H and O–H groups in total. The summed E-state index contributed by atoms with van der Waals surface area (Å²) in [7, 11) is 6.56. The van der Waals surface area contributed by atoms with Crippen molar-refractivity contribution in [2.45, 2.75) is 57.8 Å². The van der Waals surface area contributed by atoms with E-state index in [1.54, 1.807) is 28.4 Å². The molecule has 0 spiro atoms. The highest BCUT2D eigenvalue weighted by Crippen LogP contribution is 2.41. The minimum absolute atomic E-state index is 0.175. The second-order valence-corrected chi connectivity index (χ2v) is 8.57. The molecule has 32 heavy (non-hydrogen) atoms. The number of hydrogen-bond donors (Lipinski definition) is 0. The average molecular weight is 440 g/mol. The van der Waals surface area contributed by atoms with Crippen LogP contribution in [0.5, 0.6) is 23.0 Å². The van der Waals surface area contributed by atoms with Gasteiger partial charge in [-0.3, -0.25) is 0 Å². The Hall–Kier alpha value is -2.87. The molecule has 174 valence electrons. The summed E-state index contributed by atoms with van der Waals surface area (Å²) >= 11 is 0. The van der Waals surface area contributed by atoms with Crippen LogP contribution in [0.15, 0.2) is 36.4 Å². The van der Waals surface area contributed by atoms with Crippen LogP contribution in [0, 0.1) is 17.2 Å². The predicted octanol–water partition coefficient (Wildman–Crippen LogP) is 6.50. The standard InChI is InChI=1S/C27H37NO4/c1-19(2)27(18-28,22-12-14-24(30-5)26(17-22)32-7)15-9-8-10-20(3)21-11-13-23(29-4)25(16-21)31-6/h11-14,16-17,19-20H,8-10,15H2,1-7H3. The van der Waals surface area contributed by atoms with Crippen molar-refractivity contribution in [1.82, 2.24) is 0 Å². The van der Waals surface area contributed by atoms with E-state index in [1.807, 2.05) is 24.3 Å². The van der Waals surface area contributed by atoms with Gasteiger partial charge >= 0.3 is 0 Å². The highest BCUT2D eigenvalue weighted by molar-refractivity contribution is 5.47. The van der Waals surface area contributed by atoms with Gasteiger partial charge in [0.1, 0.15) is 0 Å². The zero-order chi connectivity index (χ0) is 23.7. The number of benzene rings is 2. The minimum Gasteiger partial charge on any atom is -0.493 e. The Balaban J connectivity index is 2.10. The van der Waals surface area contributed by atoms with Gasteiger partial charge in [0, 0.05) is 0 Å². The van der Waals surface area contributed by atoms with Crippen molar-refractivity contribution in [3.05, 3.63) is 47.5 Å². The Morgan fingerprint density at radius 2 is 1.34 bits per heavy atom. The summed E-state index contributed by atoms with van der Waals surface area (Å²) in [6.07, 6.45) is 3.85. The van der Waals surface area contributed by atoms with E-state index < -0.39 is 5.41 Å². The van der Waals surface area contributed by atoms with Crippen molar-refractivity contribution in [3.8, 4) is 29.1 Å². The summed E-state index contributed by atoms with van der Waals surface area (Å²) < 4.78 is 21.6. The zero-order valence-electron chi connectivity index (χ0n) is 20.5. The van der Waals surface area contributed by atoms with E-state index in [0.29, 0.717) is 17.4 Å². The molecule has 5 nitrogen and oxygen atoms in total. The summed E-state index contributed by atoms with van der Waals surface area (Å²) in [5.74, 6) is 3.41. The van der Waals surface area contributed by atoms with E-state index in [2.05, 4.69) is 39.0 Å². The van der Waals surface area contributed by atoms with Gasteiger partial charge in [0.25, 0.3) is 0 Å². The fourth-order valence-electron chi connectivity index (χ4n) is 4.31. The van der Waals surface area contributed by atoms with E-state index in [0.717, 1.165) is 42.7 Å². The summed E-state index contributed by atoms with van der Waals surface area (Å²) in [5.41, 5.74) is 1.66. The smallest absolute Gasteiger partial charge is 0.161 e. The lowest BCUT2D eigenvalue weighted by molar-refractivity contribution is 0.339. The molecule has 0 aliphatic carbocycles. The van der Waals surface area contributed by atoms with Gasteiger partial charge in [0.05, 0.1) is 39.9 Å². The predicted molar refractivity (Wildman–Crippen MR) is 128 cm³/mol. The molecule has 0 fully saturated rings. The number of unbranched alkanes of at least 4 members (excludes halogenated alkanes) is 1. The second kappa shape index (κ2) is 11.7. The Labute approximate surface area is 193 Å². The Bertz CT molecular complexity index is 918. The van der Waals surface area contributed by atoms with Crippen LogP contribution in [0.4, 0.5) is 0 Å². The first-order chi connectivity index (χ1) is 15.4. The number of ether oxygens (including phenoxy) is 4. The molecule has 0 amide bonds.